The summed E-state index contributed by atoms with van der Waals surface area (Å²) < 4.78 is 19.0. The van der Waals surface area contributed by atoms with Crippen LogP contribution >= 0.6 is 11.5 Å². The lowest BCUT2D eigenvalue weighted by Gasteiger charge is -2.20. The molecular weight excluding hydrogens is 405 g/mol. The summed E-state index contributed by atoms with van der Waals surface area (Å²) in [5.41, 5.74) is 12.1. The van der Waals surface area contributed by atoms with E-state index in [1.165, 1.54) is 17.6 Å². The van der Waals surface area contributed by atoms with E-state index in [0.717, 1.165) is 17.3 Å². The van der Waals surface area contributed by atoms with Crippen molar-refractivity contribution in [2.45, 2.75) is 24.8 Å². The zero-order valence-corrected chi connectivity index (χ0v) is 16.9. The van der Waals surface area contributed by atoms with Crippen LogP contribution in [-0.2, 0) is 4.79 Å². The maximum atomic E-state index is 14.8. The van der Waals surface area contributed by atoms with Crippen molar-refractivity contribution in [1.82, 2.24) is 4.37 Å². The van der Waals surface area contributed by atoms with Crippen molar-refractivity contribution >= 4 is 39.7 Å². The molecule has 1 fully saturated rings. The van der Waals surface area contributed by atoms with Crippen LogP contribution in [0.2, 0.25) is 0 Å². The van der Waals surface area contributed by atoms with Crippen LogP contribution in [0.5, 0.6) is 0 Å². The first-order valence-corrected chi connectivity index (χ1v) is 10.0. The summed E-state index contributed by atoms with van der Waals surface area (Å²) >= 11 is 1.20. The normalized spacial score (nSPS) is 19.9. The second kappa shape index (κ2) is 7.42. The quantitative estimate of drug-likeness (QED) is 0.463. The van der Waals surface area contributed by atoms with E-state index < -0.39 is 23.2 Å². The molecule has 1 heterocycles. The second-order valence-corrected chi connectivity index (χ2v) is 8.13. The number of anilines is 3. The number of carbonyl (C=O) groups is 2. The number of halogens is 1. The van der Waals surface area contributed by atoms with Gasteiger partial charge < -0.3 is 22.1 Å². The highest BCUT2D eigenvalue weighted by atomic mass is 32.1. The number of primary amides is 2. The molecule has 1 aliphatic carbocycles. The SMILES string of the molecule is Cc1cc(Nc2cc(N[C@@]3(C(N)=O)C[C@@H]3c3ccccc3)c(F)cc2C(N)=O)sn1. The third-order valence-corrected chi connectivity index (χ3v) is 6.01. The molecule has 0 radical (unpaired) electrons. The molecule has 1 aromatic heterocycles. The van der Waals surface area contributed by atoms with Crippen molar-refractivity contribution in [2.24, 2.45) is 11.5 Å². The summed E-state index contributed by atoms with van der Waals surface area (Å²) in [5, 5.41) is 6.71. The summed E-state index contributed by atoms with van der Waals surface area (Å²) in [4.78, 5) is 24.1. The molecule has 0 aliphatic heterocycles. The predicted molar refractivity (Wildman–Crippen MR) is 114 cm³/mol. The zero-order chi connectivity index (χ0) is 21.5. The molecule has 30 heavy (non-hydrogen) atoms. The average Bonchev–Trinajstić information content (AvgIpc) is 3.31. The summed E-state index contributed by atoms with van der Waals surface area (Å²) in [6.45, 7) is 1.84. The van der Waals surface area contributed by atoms with Crippen LogP contribution < -0.4 is 22.1 Å². The molecule has 0 saturated heterocycles. The van der Waals surface area contributed by atoms with Crippen LogP contribution in [0.4, 0.5) is 20.8 Å². The highest BCUT2D eigenvalue weighted by molar-refractivity contribution is 7.10. The minimum Gasteiger partial charge on any atom is -0.368 e. The fourth-order valence-corrected chi connectivity index (χ4v) is 4.27. The molecule has 0 bridgehead atoms. The number of rotatable bonds is 7. The van der Waals surface area contributed by atoms with Gasteiger partial charge in [0, 0.05) is 5.92 Å². The van der Waals surface area contributed by atoms with Gasteiger partial charge in [0.1, 0.15) is 16.4 Å². The van der Waals surface area contributed by atoms with Crippen molar-refractivity contribution in [3.63, 3.8) is 0 Å². The van der Waals surface area contributed by atoms with E-state index in [-0.39, 0.29) is 17.2 Å². The molecule has 6 N–H and O–H groups in total. The number of aryl methyl sites for hydroxylation is 1. The summed E-state index contributed by atoms with van der Waals surface area (Å²) in [5.74, 6) is -2.22. The number of nitrogens with zero attached hydrogens (tertiary/aromatic N) is 1. The van der Waals surface area contributed by atoms with Gasteiger partial charge in [0.2, 0.25) is 5.91 Å². The third kappa shape index (κ3) is 3.59. The Balaban J connectivity index is 1.69. The van der Waals surface area contributed by atoms with Crippen molar-refractivity contribution in [2.75, 3.05) is 10.6 Å². The molecule has 154 valence electrons. The molecule has 0 spiro atoms. The molecule has 3 aromatic rings. The number of nitrogens with two attached hydrogens (primary N) is 2. The van der Waals surface area contributed by atoms with Crippen molar-refractivity contribution in [1.29, 1.82) is 0 Å². The van der Waals surface area contributed by atoms with Gasteiger partial charge in [-0.3, -0.25) is 9.59 Å². The summed E-state index contributed by atoms with van der Waals surface area (Å²) in [6.07, 6.45) is 0.445. The molecule has 2 atom stereocenters. The van der Waals surface area contributed by atoms with Crippen molar-refractivity contribution in [3.05, 3.63) is 71.2 Å². The molecule has 1 saturated carbocycles. The monoisotopic (exact) mass is 425 g/mol. The number of carbonyl (C=O) groups excluding carboxylic acids is 2. The Morgan fingerprint density at radius 2 is 1.90 bits per heavy atom. The molecule has 4 rings (SSSR count). The van der Waals surface area contributed by atoms with Gasteiger partial charge in [-0.05, 0) is 48.6 Å². The van der Waals surface area contributed by atoms with Gasteiger partial charge >= 0.3 is 0 Å². The standard InChI is InChI=1S/C21H20FN5O2S/c1-11-7-18(30-27-11)25-16-9-17(15(22)8-13(16)19(23)28)26-21(20(24)29)10-14(21)12-5-3-2-4-6-12/h2-9,14,25-26H,10H2,1H3,(H2,23,28)(H2,24,29)/t14-,21+/m1/s1. The first-order valence-electron chi connectivity index (χ1n) is 9.27. The Morgan fingerprint density at radius 1 is 1.17 bits per heavy atom. The minimum absolute atomic E-state index is 0.00682. The Labute approximate surface area is 176 Å². The minimum atomic E-state index is -1.10. The Kier molecular flexibility index (Phi) is 4.90. The average molecular weight is 425 g/mol. The van der Waals surface area contributed by atoms with Crippen LogP contribution in [0, 0.1) is 12.7 Å². The molecule has 0 unspecified atom stereocenters. The maximum Gasteiger partial charge on any atom is 0.250 e. The highest BCUT2D eigenvalue weighted by Gasteiger charge is 2.60. The Hall–Kier alpha value is -3.46. The van der Waals surface area contributed by atoms with E-state index in [9.17, 15) is 14.0 Å². The first-order chi connectivity index (χ1) is 14.3. The molecule has 1 aliphatic rings. The fraction of sp³-hybridized carbons (Fsp3) is 0.190. The third-order valence-electron chi connectivity index (χ3n) is 5.22. The largest absolute Gasteiger partial charge is 0.368 e. The lowest BCUT2D eigenvalue weighted by atomic mass is 10.0. The van der Waals surface area contributed by atoms with E-state index in [4.69, 9.17) is 11.5 Å². The van der Waals surface area contributed by atoms with Crippen molar-refractivity contribution < 1.29 is 14.0 Å². The van der Waals surface area contributed by atoms with Crippen LogP contribution in [0.1, 0.15) is 34.0 Å². The first kappa shape index (κ1) is 19.8. The Bertz CT molecular complexity index is 1130. The molecular formula is C21H20FN5O2S. The van der Waals surface area contributed by atoms with E-state index >= 15 is 0 Å². The maximum absolute atomic E-state index is 14.8. The van der Waals surface area contributed by atoms with E-state index in [0.29, 0.717) is 17.1 Å². The van der Waals surface area contributed by atoms with Crippen LogP contribution in [0.15, 0.2) is 48.5 Å². The number of nitrogens with one attached hydrogen (secondary N) is 2. The Morgan fingerprint density at radius 3 is 2.50 bits per heavy atom. The number of hydrogen-bond acceptors (Lipinski definition) is 6. The fourth-order valence-electron chi connectivity index (χ4n) is 3.59. The predicted octanol–water partition coefficient (Wildman–Crippen LogP) is 3.26. The lowest BCUT2D eigenvalue weighted by molar-refractivity contribution is -0.119. The van der Waals surface area contributed by atoms with E-state index in [2.05, 4.69) is 15.0 Å². The van der Waals surface area contributed by atoms with E-state index in [1.54, 1.807) is 6.07 Å². The van der Waals surface area contributed by atoms with Gasteiger partial charge in [-0.2, -0.15) is 4.37 Å². The topological polar surface area (TPSA) is 123 Å². The van der Waals surface area contributed by atoms with Gasteiger partial charge in [-0.25, -0.2) is 4.39 Å². The number of amides is 2. The number of hydrogen-bond donors (Lipinski definition) is 4. The van der Waals surface area contributed by atoms with Gasteiger partial charge in [0.05, 0.1) is 22.6 Å². The van der Waals surface area contributed by atoms with Gasteiger partial charge in [0.15, 0.2) is 0 Å². The lowest BCUT2D eigenvalue weighted by Crippen LogP contribution is -2.39. The zero-order valence-electron chi connectivity index (χ0n) is 16.1. The second-order valence-electron chi connectivity index (χ2n) is 7.33. The van der Waals surface area contributed by atoms with Crippen LogP contribution in [-0.4, -0.2) is 21.7 Å². The molecule has 2 aromatic carbocycles. The van der Waals surface area contributed by atoms with Gasteiger partial charge in [-0.15, -0.1) is 0 Å². The molecule has 2 amide bonds. The van der Waals surface area contributed by atoms with Gasteiger partial charge in [-0.1, -0.05) is 30.3 Å². The van der Waals surface area contributed by atoms with Crippen molar-refractivity contribution in [3.8, 4) is 0 Å². The molecule has 7 nitrogen and oxygen atoms in total. The number of benzene rings is 2. The number of aromatic nitrogens is 1. The smallest absolute Gasteiger partial charge is 0.250 e. The van der Waals surface area contributed by atoms with Crippen LogP contribution in [0.25, 0.3) is 0 Å². The van der Waals surface area contributed by atoms with Crippen LogP contribution in [0.3, 0.4) is 0 Å². The summed E-state index contributed by atoms with van der Waals surface area (Å²) in [7, 11) is 0. The molecule has 9 heteroatoms. The van der Waals surface area contributed by atoms with Gasteiger partial charge in [0.25, 0.3) is 5.91 Å². The van der Waals surface area contributed by atoms with E-state index in [1.807, 2.05) is 37.3 Å². The highest BCUT2D eigenvalue weighted by Crippen LogP contribution is 2.53. The summed E-state index contributed by atoms with van der Waals surface area (Å²) in [6, 6.07) is 13.7.